The van der Waals surface area contributed by atoms with Crippen LogP contribution in [-0.2, 0) is 11.2 Å². The average molecular weight is 463 g/mol. The van der Waals surface area contributed by atoms with Gasteiger partial charge >= 0.3 is 0 Å². The van der Waals surface area contributed by atoms with Crippen LogP contribution in [0.4, 0.5) is 23.0 Å². The van der Waals surface area contributed by atoms with Gasteiger partial charge in [-0.25, -0.2) is 9.97 Å². The van der Waals surface area contributed by atoms with Crippen LogP contribution in [0.15, 0.2) is 85.2 Å². The van der Waals surface area contributed by atoms with E-state index >= 15 is 0 Å². The first kappa shape index (κ1) is 20.9. The van der Waals surface area contributed by atoms with E-state index in [1.54, 1.807) is 6.20 Å². The third-order valence-corrected chi connectivity index (χ3v) is 6.01. The molecule has 1 unspecified atom stereocenters. The minimum Gasteiger partial charge on any atom is -0.369 e. The molecule has 0 saturated heterocycles. The number of carbonyl (C=O) groups is 1. The molecule has 1 atom stereocenters. The molecule has 0 saturated carbocycles. The summed E-state index contributed by atoms with van der Waals surface area (Å²) in [5.74, 6) is 0.343. The molecule has 0 aliphatic carbocycles. The summed E-state index contributed by atoms with van der Waals surface area (Å²) in [6.07, 6.45) is 2.95. The van der Waals surface area contributed by atoms with E-state index in [1.807, 2.05) is 79.0 Å². The summed E-state index contributed by atoms with van der Waals surface area (Å²) in [4.78, 5) is 24.5. The number of nitrogens with one attached hydrogen (secondary N) is 4. The molecule has 8 nitrogen and oxygen atoms in total. The number of rotatable bonds is 5. The maximum absolute atomic E-state index is 12.2. The summed E-state index contributed by atoms with van der Waals surface area (Å²) in [7, 11) is 0. The van der Waals surface area contributed by atoms with Crippen molar-refractivity contribution in [2.24, 2.45) is 0 Å². The molecular formula is C27H22N6O2. The Morgan fingerprint density at radius 3 is 2.69 bits per heavy atom. The molecule has 0 bridgehead atoms. The normalized spacial score (nSPS) is 13.3. The maximum atomic E-state index is 12.2. The Labute approximate surface area is 201 Å². The fourth-order valence-corrected chi connectivity index (χ4v) is 4.26. The number of hydrogen-bond donors (Lipinski definition) is 5. The Morgan fingerprint density at radius 2 is 1.80 bits per heavy atom. The smallest absolute Gasteiger partial charge is 0.228 e. The van der Waals surface area contributed by atoms with Gasteiger partial charge < -0.3 is 26.0 Å². The molecule has 1 aliphatic heterocycles. The molecule has 0 spiro atoms. The molecule has 5 N–H and O–H groups in total. The third-order valence-electron chi connectivity index (χ3n) is 6.01. The Bertz CT molecular complexity index is 1540. The number of benzene rings is 3. The number of amides is 1. The first-order valence-corrected chi connectivity index (χ1v) is 11.3. The summed E-state index contributed by atoms with van der Waals surface area (Å²) in [6, 6.07) is 22.9. The molecule has 172 valence electrons. The van der Waals surface area contributed by atoms with Crippen molar-refractivity contribution in [2.75, 3.05) is 16.0 Å². The van der Waals surface area contributed by atoms with Crippen molar-refractivity contribution in [3.8, 4) is 11.3 Å². The number of aliphatic hydroxyl groups is 1. The Morgan fingerprint density at radius 1 is 0.971 bits per heavy atom. The first-order chi connectivity index (χ1) is 17.1. The minimum atomic E-state index is -0.856. The number of nitrogens with zero attached hydrogens (tertiary/aromatic N) is 2. The van der Waals surface area contributed by atoms with Crippen LogP contribution in [-0.4, -0.2) is 26.0 Å². The number of hydrogen-bond acceptors (Lipinski definition) is 6. The van der Waals surface area contributed by atoms with Crippen LogP contribution in [0.2, 0.25) is 0 Å². The van der Waals surface area contributed by atoms with Gasteiger partial charge in [-0.1, -0.05) is 30.3 Å². The molecule has 0 fully saturated rings. The number of aliphatic hydroxyl groups excluding tert-OH is 1. The van der Waals surface area contributed by atoms with Crippen LogP contribution in [0.25, 0.3) is 22.2 Å². The topological polar surface area (TPSA) is 115 Å². The molecule has 2 aromatic heterocycles. The van der Waals surface area contributed by atoms with Gasteiger partial charge in [-0.2, -0.15) is 0 Å². The van der Waals surface area contributed by atoms with E-state index in [1.165, 1.54) is 0 Å². The van der Waals surface area contributed by atoms with Crippen molar-refractivity contribution in [3.63, 3.8) is 0 Å². The van der Waals surface area contributed by atoms with Crippen molar-refractivity contribution >= 4 is 39.8 Å². The third kappa shape index (κ3) is 4.18. The van der Waals surface area contributed by atoms with Crippen LogP contribution >= 0.6 is 0 Å². The molecule has 0 radical (unpaired) electrons. The van der Waals surface area contributed by atoms with Crippen molar-refractivity contribution in [1.29, 1.82) is 0 Å². The molecule has 8 heteroatoms. The van der Waals surface area contributed by atoms with Gasteiger partial charge in [0.05, 0.1) is 17.8 Å². The fourth-order valence-electron chi connectivity index (χ4n) is 4.26. The summed E-state index contributed by atoms with van der Waals surface area (Å²) in [6.45, 7) is 0. The second kappa shape index (κ2) is 8.58. The van der Waals surface area contributed by atoms with Gasteiger partial charge in [0, 0.05) is 51.4 Å². The van der Waals surface area contributed by atoms with E-state index in [4.69, 9.17) is 4.98 Å². The van der Waals surface area contributed by atoms with Crippen LogP contribution in [0, 0.1) is 0 Å². The zero-order valence-electron chi connectivity index (χ0n) is 18.6. The monoisotopic (exact) mass is 462 g/mol. The lowest BCUT2D eigenvalue weighted by Gasteiger charge is -2.15. The summed E-state index contributed by atoms with van der Waals surface area (Å²) >= 11 is 0. The van der Waals surface area contributed by atoms with E-state index in [9.17, 15) is 9.90 Å². The number of anilines is 4. The summed E-state index contributed by atoms with van der Waals surface area (Å²) in [5, 5.41) is 21.0. The van der Waals surface area contributed by atoms with E-state index in [0.717, 1.165) is 50.3 Å². The van der Waals surface area contributed by atoms with Gasteiger partial charge in [0.1, 0.15) is 0 Å². The van der Waals surface area contributed by atoms with E-state index in [2.05, 4.69) is 25.9 Å². The lowest BCUT2D eigenvalue weighted by molar-refractivity contribution is -0.115. The second-order valence-electron chi connectivity index (χ2n) is 8.41. The van der Waals surface area contributed by atoms with E-state index < -0.39 is 6.23 Å². The second-order valence-corrected chi connectivity index (χ2v) is 8.41. The SMILES string of the molecule is O=C1Cc2cnc(Nc3ccc(C(O)Nc4ccc5[nH]ccc5c4)cc3)nc2-c2ccccc2N1. The van der Waals surface area contributed by atoms with Crippen molar-refractivity contribution in [3.05, 3.63) is 96.3 Å². The number of aromatic amines is 1. The molecule has 6 rings (SSSR count). The fraction of sp³-hybridized carbons (Fsp3) is 0.0741. The highest BCUT2D eigenvalue weighted by molar-refractivity contribution is 6.00. The Kier molecular flexibility index (Phi) is 5.12. The molecule has 3 aromatic carbocycles. The van der Waals surface area contributed by atoms with Gasteiger partial charge in [-0.15, -0.1) is 0 Å². The Balaban J connectivity index is 1.20. The van der Waals surface area contributed by atoms with Crippen LogP contribution in [0.5, 0.6) is 0 Å². The highest BCUT2D eigenvalue weighted by atomic mass is 16.3. The molecule has 35 heavy (non-hydrogen) atoms. The maximum Gasteiger partial charge on any atom is 0.228 e. The first-order valence-electron chi connectivity index (χ1n) is 11.3. The number of para-hydroxylation sites is 1. The van der Waals surface area contributed by atoms with Gasteiger partial charge in [-0.05, 0) is 42.5 Å². The zero-order chi connectivity index (χ0) is 23.8. The van der Waals surface area contributed by atoms with Gasteiger partial charge in [0.15, 0.2) is 6.23 Å². The largest absolute Gasteiger partial charge is 0.369 e. The summed E-state index contributed by atoms with van der Waals surface area (Å²) < 4.78 is 0. The lowest BCUT2D eigenvalue weighted by Crippen LogP contribution is -2.12. The summed E-state index contributed by atoms with van der Waals surface area (Å²) in [5.41, 5.74) is 6.50. The standard InChI is InChI=1S/C27H22N6O2/c34-24-14-18-15-29-27(33-25(18)21-3-1-2-4-23(21)32-24)31-19-7-5-16(6-8-19)26(35)30-20-9-10-22-17(13-20)11-12-28-22/h1-13,15,26,28,30,35H,14H2,(H,32,34)(H,29,31,33). The lowest BCUT2D eigenvalue weighted by atomic mass is 10.1. The van der Waals surface area contributed by atoms with Crippen molar-refractivity contribution < 1.29 is 9.90 Å². The van der Waals surface area contributed by atoms with Gasteiger partial charge in [-0.3, -0.25) is 4.79 Å². The quantitative estimate of drug-likeness (QED) is 0.236. The van der Waals surface area contributed by atoms with Gasteiger partial charge in [0.25, 0.3) is 0 Å². The molecular weight excluding hydrogens is 440 g/mol. The van der Waals surface area contributed by atoms with Crippen LogP contribution in [0.3, 0.4) is 0 Å². The highest BCUT2D eigenvalue weighted by Crippen LogP contribution is 2.33. The average Bonchev–Trinajstić information content (AvgIpc) is 3.28. The molecule has 1 aliphatic rings. The highest BCUT2D eigenvalue weighted by Gasteiger charge is 2.20. The minimum absolute atomic E-state index is 0.0868. The zero-order valence-corrected chi connectivity index (χ0v) is 18.6. The van der Waals surface area contributed by atoms with E-state index in [0.29, 0.717) is 5.95 Å². The van der Waals surface area contributed by atoms with Crippen molar-refractivity contribution in [1.82, 2.24) is 15.0 Å². The predicted molar refractivity (Wildman–Crippen MR) is 136 cm³/mol. The number of carbonyl (C=O) groups excluding carboxylic acids is 1. The molecule has 5 aromatic rings. The number of aromatic nitrogens is 3. The molecule has 3 heterocycles. The number of fused-ring (bicyclic) bond motifs is 4. The Hall–Kier alpha value is -4.69. The number of H-pyrrole nitrogens is 1. The van der Waals surface area contributed by atoms with Crippen LogP contribution in [0.1, 0.15) is 17.4 Å². The van der Waals surface area contributed by atoms with E-state index in [-0.39, 0.29) is 12.3 Å². The van der Waals surface area contributed by atoms with Gasteiger partial charge in [0.2, 0.25) is 11.9 Å². The predicted octanol–water partition coefficient (Wildman–Crippen LogP) is 4.97. The van der Waals surface area contributed by atoms with Crippen molar-refractivity contribution in [2.45, 2.75) is 12.6 Å². The molecule has 1 amide bonds. The van der Waals surface area contributed by atoms with Crippen LogP contribution < -0.4 is 16.0 Å².